The first-order valence-electron chi connectivity index (χ1n) is 8.58. The van der Waals surface area contributed by atoms with Crippen LogP contribution in [0.4, 0.5) is 0 Å². The van der Waals surface area contributed by atoms with E-state index in [4.69, 9.17) is 13.9 Å². The number of benzene rings is 1. The molecule has 0 N–H and O–H groups in total. The fourth-order valence-electron chi connectivity index (χ4n) is 2.74. The van der Waals surface area contributed by atoms with Crippen LogP contribution in [0.25, 0.3) is 11.0 Å². The van der Waals surface area contributed by atoms with Crippen molar-refractivity contribution in [3.63, 3.8) is 0 Å². The molecule has 1 fully saturated rings. The summed E-state index contributed by atoms with van der Waals surface area (Å²) >= 11 is 0. The lowest BCUT2D eigenvalue weighted by Gasteiger charge is -2.22. The van der Waals surface area contributed by atoms with Gasteiger partial charge in [0.15, 0.2) is 6.29 Å². The maximum Gasteiger partial charge on any atom is 0.336 e. The highest BCUT2D eigenvalue weighted by Crippen LogP contribution is 2.16. The second-order valence-electron chi connectivity index (χ2n) is 5.90. The molecule has 3 rings (SSSR count). The zero-order valence-electron chi connectivity index (χ0n) is 13.8. The molecule has 1 saturated heterocycles. The molecule has 0 saturated carbocycles. The maximum absolute atomic E-state index is 11.2. The molecule has 1 aromatic carbocycles. The van der Waals surface area contributed by atoms with Crippen molar-refractivity contribution in [3.05, 3.63) is 46.3 Å². The van der Waals surface area contributed by atoms with Gasteiger partial charge in [0.1, 0.15) is 5.58 Å². The number of fused-ring (bicyclic) bond motifs is 1. The molecule has 0 spiro atoms. The van der Waals surface area contributed by atoms with Crippen molar-refractivity contribution >= 4 is 11.0 Å². The Kier molecular flexibility index (Phi) is 6.06. The van der Waals surface area contributed by atoms with Crippen LogP contribution in [0.2, 0.25) is 0 Å². The van der Waals surface area contributed by atoms with Gasteiger partial charge in [-0.1, -0.05) is 17.9 Å². The molecule has 1 unspecified atom stereocenters. The third kappa shape index (κ3) is 4.70. The van der Waals surface area contributed by atoms with Crippen LogP contribution in [0.5, 0.6) is 0 Å². The molecule has 2 aromatic rings. The molecule has 1 atom stereocenters. The van der Waals surface area contributed by atoms with Crippen molar-refractivity contribution in [1.82, 2.24) is 0 Å². The molecule has 0 amide bonds. The van der Waals surface area contributed by atoms with Crippen molar-refractivity contribution < 1.29 is 13.9 Å². The lowest BCUT2D eigenvalue weighted by molar-refractivity contribution is -0.162. The van der Waals surface area contributed by atoms with Gasteiger partial charge >= 0.3 is 5.63 Å². The van der Waals surface area contributed by atoms with Gasteiger partial charge in [-0.25, -0.2) is 4.79 Å². The summed E-state index contributed by atoms with van der Waals surface area (Å²) in [7, 11) is 0. The largest absolute Gasteiger partial charge is 0.423 e. The minimum atomic E-state index is -0.338. The van der Waals surface area contributed by atoms with Crippen molar-refractivity contribution in [2.45, 2.75) is 44.8 Å². The normalized spacial score (nSPS) is 17.4. The van der Waals surface area contributed by atoms with E-state index in [1.54, 1.807) is 12.1 Å². The molecule has 0 aliphatic carbocycles. The van der Waals surface area contributed by atoms with Crippen LogP contribution in [-0.4, -0.2) is 19.5 Å². The van der Waals surface area contributed by atoms with Crippen molar-refractivity contribution in [1.29, 1.82) is 0 Å². The van der Waals surface area contributed by atoms with Crippen LogP contribution >= 0.6 is 0 Å². The summed E-state index contributed by atoms with van der Waals surface area (Å²) in [5, 5.41) is 0.877. The zero-order chi connectivity index (χ0) is 16.6. The van der Waals surface area contributed by atoms with E-state index in [2.05, 4.69) is 11.8 Å². The van der Waals surface area contributed by atoms with E-state index in [0.717, 1.165) is 56.3 Å². The molecule has 1 aliphatic heterocycles. The number of unbranched alkanes of at least 4 members (excludes halogenated alkanes) is 2. The smallest absolute Gasteiger partial charge is 0.336 e. The predicted octanol–water partition coefficient (Wildman–Crippen LogP) is 3.86. The number of hydrogen-bond donors (Lipinski definition) is 0. The van der Waals surface area contributed by atoms with Gasteiger partial charge in [0.25, 0.3) is 0 Å². The predicted molar refractivity (Wildman–Crippen MR) is 92.8 cm³/mol. The minimum absolute atomic E-state index is 0.00447. The van der Waals surface area contributed by atoms with E-state index in [1.807, 2.05) is 12.1 Å². The van der Waals surface area contributed by atoms with Gasteiger partial charge in [-0.15, -0.1) is 0 Å². The molecule has 24 heavy (non-hydrogen) atoms. The average molecular weight is 326 g/mol. The number of rotatable bonds is 5. The highest BCUT2D eigenvalue weighted by Gasteiger charge is 2.13. The molecular formula is C20H22O4. The first-order valence-corrected chi connectivity index (χ1v) is 8.58. The van der Waals surface area contributed by atoms with Crippen LogP contribution in [0.1, 0.15) is 44.1 Å². The maximum atomic E-state index is 11.2. The van der Waals surface area contributed by atoms with E-state index in [1.165, 1.54) is 12.5 Å². The van der Waals surface area contributed by atoms with Gasteiger partial charge in [0, 0.05) is 36.7 Å². The van der Waals surface area contributed by atoms with Gasteiger partial charge in [-0.3, -0.25) is 0 Å². The van der Waals surface area contributed by atoms with Crippen LogP contribution in [-0.2, 0) is 9.47 Å². The van der Waals surface area contributed by atoms with E-state index < -0.39 is 0 Å². The highest BCUT2D eigenvalue weighted by molar-refractivity contribution is 5.83. The molecule has 126 valence electrons. The van der Waals surface area contributed by atoms with Crippen LogP contribution in [0, 0.1) is 11.8 Å². The molecule has 4 heteroatoms. The molecule has 1 aliphatic rings. The Bertz CT molecular complexity index is 775. The Morgan fingerprint density at radius 3 is 3.00 bits per heavy atom. The lowest BCUT2D eigenvalue weighted by atomic mass is 10.1. The molecule has 1 aromatic heterocycles. The molecule has 0 bridgehead atoms. The summed E-state index contributed by atoms with van der Waals surface area (Å²) in [5.41, 5.74) is 1.13. The fraction of sp³-hybridized carbons (Fsp3) is 0.450. The Balaban J connectivity index is 1.45. The van der Waals surface area contributed by atoms with Gasteiger partial charge in [0.2, 0.25) is 0 Å². The Labute approximate surface area is 141 Å². The van der Waals surface area contributed by atoms with E-state index in [0.29, 0.717) is 5.58 Å². The molecular weight excluding hydrogens is 304 g/mol. The molecule has 4 nitrogen and oxygen atoms in total. The van der Waals surface area contributed by atoms with Crippen molar-refractivity contribution in [2.24, 2.45) is 0 Å². The number of ether oxygens (including phenoxy) is 2. The third-order valence-corrected chi connectivity index (χ3v) is 4.02. The topological polar surface area (TPSA) is 48.7 Å². The summed E-state index contributed by atoms with van der Waals surface area (Å²) in [6.45, 7) is 1.55. The average Bonchev–Trinajstić information content (AvgIpc) is 2.61. The van der Waals surface area contributed by atoms with Crippen LogP contribution in [0.3, 0.4) is 0 Å². The SMILES string of the molecule is O=c1ccc2c(C#CCCCCOC3CCCCO3)cccc2o1. The van der Waals surface area contributed by atoms with E-state index in [-0.39, 0.29) is 11.9 Å². The molecule has 0 radical (unpaired) electrons. The second-order valence-corrected chi connectivity index (χ2v) is 5.90. The first-order chi connectivity index (χ1) is 11.8. The minimum Gasteiger partial charge on any atom is -0.423 e. The van der Waals surface area contributed by atoms with Crippen molar-refractivity contribution in [2.75, 3.05) is 13.2 Å². The highest BCUT2D eigenvalue weighted by atomic mass is 16.7. The Hall–Kier alpha value is -2.09. The summed E-state index contributed by atoms with van der Waals surface area (Å²) in [4.78, 5) is 11.2. The van der Waals surface area contributed by atoms with Gasteiger partial charge < -0.3 is 13.9 Å². The Morgan fingerprint density at radius 1 is 1.17 bits per heavy atom. The monoisotopic (exact) mass is 326 g/mol. The summed E-state index contributed by atoms with van der Waals surface area (Å²) in [6, 6.07) is 8.78. The van der Waals surface area contributed by atoms with Gasteiger partial charge in [0.05, 0.1) is 0 Å². The van der Waals surface area contributed by atoms with Crippen molar-refractivity contribution in [3.8, 4) is 11.8 Å². The summed E-state index contributed by atoms with van der Waals surface area (Å²) in [5.74, 6) is 6.36. The van der Waals surface area contributed by atoms with E-state index >= 15 is 0 Å². The fourth-order valence-corrected chi connectivity index (χ4v) is 2.74. The third-order valence-electron chi connectivity index (χ3n) is 4.02. The van der Waals surface area contributed by atoms with Gasteiger partial charge in [-0.2, -0.15) is 0 Å². The lowest BCUT2D eigenvalue weighted by Crippen LogP contribution is -2.22. The van der Waals surface area contributed by atoms with Crippen LogP contribution < -0.4 is 5.63 Å². The van der Waals surface area contributed by atoms with Gasteiger partial charge in [-0.05, 0) is 50.3 Å². The van der Waals surface area contributed by atoms with E-state index in [9.17, 15) is 4.79 Å². The van der Waals surface area contributed by atoms with Crippen LogP contribution in [0.15, 0.2) is 39.5 Å². The summed E-state index contributed by atoms with van der Waals surface area (Å²) < 4.78 is 16.4. The Morgan fingerprint density at radius 2 is 2.12 bits per heavy atom. The number of hydrogen-bond acceptors (Lipinski definition) is 4. The molecule has 2 heterocycles. The first kappa shape index (κ1) is 16.8. The summed E-state index contributed by atoms with van der Waals surface area (Å²) in [6.07, 6.45) is 6.15. The quantitative estimate of drug-likeness (QED) is 0.475. The second kappa shape index (κ2) is 8.68. The zero-order valence-corrected chi connectivity index (χ0v) is 13.8. The standard InChI is InChI=1S/C20H22O4/c21-19-13-12-17-16(9-7-10-18(17)24-19)8-3-1-2-5-14-22-20-11-4-6-15-23-20/h7,9-10,12-13,20H,1-2,4-6,11,14-15H2.